The normalized spacial score (nSPS) is 25.3. The van der Waals surface area contributed by atoms with Gasteiger partial charge in [0.05, 0.1) is 6.42 Å². The zero-order valence-corrected chi connectivity index (χ0v) is 15.5. The summed E-state index contributed by atoms with van der Waals surface area (Å²) in [6.45, 7) is 5.60. The Balaban J connectivity index is 1.39. The first-order valence-corrected chi connectivity index (χ1v) is 9.66. The van der Waals surface area contributed by atoms with Crippen LogP contribution in [0.4, 0.5) is 0 Å². The quantitative estimate of drug-likeness (QED) is 0.888. The fourth-order valence-electron chi connectivity index (χ4n) is 4.03. The maximum absolute atomic E-state index is 12.8. The highest BCUT2D eigenvalue weighted by Crippen LogP contribution is 2.37. The van der Waals surface area contributed by atoms with Gasteiger partial charge in [0, 0.05) is 42.1 Å². The maximum atomic E-state index is 12.8. The van der Waals surface area contributed by atoms with Gasteiger partial charge < -0.3 is 15.2 Å². The highest BCUT2D eigenvalue weighted by molar-refractivity contribution is 5.89. The SMILES string of the molecule is Cc1ccc2[nH]cc(CC(=O)N3CCCC(NC(=O)[C@H]4C[C@@H]4C)C3)c2c1. The molecule has 0 spiro atoms. The molecule has 2 aliphatic rings. The van der Waals surface area contributed by atoms with Crippen molar-refractivity contribution >= 4 is 22.7 Å². The minimum absolute atomic E-state index is 0.0956. The summed E-state index contributed by atoms with van der Waals surface area (Å²) in [6.07, 6.45) is 5.26. The molecule has 26 heavy (non-hydrogen) atoms. The van der Waals surface area contributed by atoms with E-state index in [0.29, 0.717) is 18.9 Å². The van der Waals surface area contributed by atoms with Crippen molar-refractivity contribution in [3.8, 4) is 0 Å². The van der Waals surface area contributed by atoms with Gasteiger partial charge in [0.2, 0.25) is 11.8 Å². The number of H-pyrrole nitrogens is 1. The number of aryl methyl sites for hydroxylation is 1. The number of likely N-dealkylation sites (tertiary alicyclic amines) is 1. The number of hydrogen-bond acceptors (Lipinski definition) is 2. The summed E-state index contributed by atoms with van der Waals surface area (Å²) in [5, 5.41) is 4.28. The van der Waals surface area contributed by atoms with Crippen LogP contribution in [0.2, 0.25) is 0 Å². The molecule has 5 heteroatoms. The molecule has 1 aromatic carbocycles. The largest absolute Gasteiger partial charge is 0.361 e. The summed E-state index contributed by atoms with van der Waals surface area (Å²) in [4.78, 5) is 30.2. The first kappa shape index (κ1) is 17.1. The number of nitrogens with zero attached hydrogens (tertiary/aromatic N) is 1. The highest BCUT2D eigenvalue weighted by Gasteiger charge is 2.40. The van der Waals surface area contributed by atoms with Gasteiger partial charge in [-0.05, 0) is 49.8 Å². The zero-order chi connectivity index (χ0) is 18.3. The molecule has 3 atom stereocenters. The third-order valence-electron chi connectivity index (χ3n) is 5.83. The number of carbonyl (C=O) groups is 2. The Labute approximate surface area is 154 Å². The second-order valence-corrected chi connectivity index (χ2v) is 8.05. The molecule has 1 unspecified atom stereocenters. The fraction of sp³-hybridized carbons (Fsp3) is 0.524. The molecular formula is C21H27N3O2. The average molecular weight is 353 g/mol. The van der Waals surface area contributed by atoms with Crippen LogP contribution in [0.3, 0.4) is 0 Å². The van der Waals surface area contributed by atoms with Crippen LogP contribution in [0.1, 0.15) is 37.3 Å². The number of aromatic amines is 1. The third kappa shape index (κ3) is 3.48. The maximum Gasteiger partial charge on any atom is 0.227 e. The molecule has 1 saturated heterocycles. The van der Waals surface area contributed by atoms with E-state index < -0.39 is 0 Å². The van der Waals surface area contributed by atoms with Gasteiger partial charge in [-0.15, -0.1) is 0 Å². The predicted octanol–water partition coefficient (Wildman–Crippen LogP) is 2.78. The van der Waals surface area contributed by atoms with Crippen LogP contribution in [0.5, 0.6) is 0 Å². The molecule has 1 aliphatic heterocycles. The predicted molar refractivity (Wildman–Crippen MR) is 102 cm³/mol. The number of nitrogens with one attached hydrogen (secondary N) is 2. The van der Waals surface area contributed by atoms with Crippen LogP contribution in [-0.4, -0.2) is 40.8 Å². The number of piperidine rings is 1. The van der Waals surface area contributed by atoms with Crippen molar-refractivity contribution in [2.75, 3.05) is 13.1 Å². The number of hydrogen-bond donors (Lipinski definition) is 2. The summed E-state index contributed by atoms with van der Waals surface area (Å²) in [7, 11) is 0. The van der Waals surface area contributed by atoms with E-state index >= 15 is 0 Å². The molecule has 2 aromatic rings. The zero-order valence-electron chi connectivity index (χ0n) is 15.5. The Morgan fingerprint density at radius 2 is 2.15 bits per heavy atom. The minimum atomic E-state index is 0.0956. The molecule has 1 aliphatic carbocycles. The Morgan fingerprint density at radius 1 is 1.35 bits per heavy atom. The van der Waals surface area contributed by atoms with Gasteiger partial charge in [-0.2, -0.15) is 0 Å². The van der Waals surface area contributed by atoms with Gasteiger partial charge in [-0.25, -0.2) is 0 Å². The number of fused-ring (bicyclic) bond motifs is 1. The molecule has 5 nitrogen and oxygen atoms in total. The van der Waals surface area contributed by atoms with Crippen LogP contribution < -0.4 is 5.32 Å². The van der Waals surface area contributed by atoms with Crippen LogP contribution in [0, 0.1) is 18.8 Å². The molecule has 138 valence electrons. The molecule has 0 radical (unpaired) electrons. The molecule has 2 amide bonds. The van der Waals surface area contributed by atoms with Crippen LogP contribution >= 0.6 is 0 Å². The van der Waals surface area contributed by atoms with Gasteiger partial charge in [0.15, 0.2) is 0 Å². The summed E-state index contributed by atoms with van der Waals surface area (Å²) in [6, 6.07) is 6.36. The van der Waals surface area contributed by atoms with Crippen LogP contribution in [-0.2, 0) is 16.0 Å². The molecule has 1 aromatic heterocycles. The molecule has 4 rings (SSSR count). The lowest BCUT2D eigenvalue weighted by Crippen LogP contribution is -2.50. The number of carbonyl (C=O) groups excluding carboxylic acids is 2. The second-order valence-electron chi connectivity index (χ2n) is 8.05. The first-order valence-electron chi connectivity index (χ1n) is 9.66. The van der Waals surface area contributed by atoms with Crippen molar-refractivity contribution in [2.45, 2.75) is 45.6 Å². The van der Waals surface area contributed by atoms with E-state index in [1.165, 1.54) is 5.56 Å². The summed E-state index contributed by atoms with van der Waals surface area (Å²) < 4.78 is 0. The van der Waals surface area contributed by atoms with Gasteiger partial charge >= 0.3 is 0 Å². The highest BCUT2D eigenvalue weighted by atomic mass is 16.2. The summed E-state index contributed by atoms with van der Waals surface area (Å²) in [5.41, 5.74) is 3.31. The van der Waals surface area contributed by atoms with E-state index in [9.17, 15) is 9.59 Å². The molecule has 2 heterocycles. The van der Waals surface area contributed by atoms with Crippen molar-refractivity contribution in [3.63, 3.8) is 0 Å². The van der Waals surface area contributed by atoms with Crippen LogP contribution in [0.25, 0.3) is 10.9 Å². The van der Waals surface area contributed by atoms with Gasteiger partial charge in [0.1, 0.15) is 0 Å². The fourth-order valence-corrected chi connectivity index (χ4v) is 4.03. The standard InChI is InChI=1S/C21H27N3O2/c1-13-5-6-19-18(8-13)15(11-22-19)10-20(25)24-7-3-4-16(12-24)23-21(26)17-9-14(17)2/h5-6,8,11,14,16-17,22H,3-4,7,9-10,12H2,1-2H3,(H,23,26)/t14-,16?,17-/m0/s1. The van der Waals surface area contributed by atoms with Crippen molar-refractivity contribution in [2.24, 2.45) is 11.8 Å². The topological polar surface area (TPSA) is 65.2 Å². The minimum Gasteiger partial charge on any atom is -0.361 e. The van der Waals surface area contributed by atoms with Crippen molar-refractivity contribution < 1.29 is 9.59 Å². The smallest absolute Gasteiger partial charge is 0.227 e. The van der Waals surface area contributed by atoms with E-state index in [4.69, 9.17) is 0 Å². The molecule has 0 bridgehead atoms. The first-order chi connectivity index (χ1) is 12.5. The van der Waals surface area contributed by atoms with Crippen molar-refractivity contribution in [1.29, 1.82) is 0 Å². The molecular weight excluding hydrogens is 326 g/mol. The molecule has 1 saturated carbocycles. The van der Waals surface area contributed by atoms with Crippen LogP contribution in [0.15, 0.2) is 24.4 Å². The summed E-state index contributed by atoms with van der Waals surface area (Å²) in [5.74, 6) is 1.02. The van der Waals surface area contributed by atoms with Crippen molar-refractivity contribution in [3.05, 3.63) is 35.5 Å². The van der Waals surface area contributed by atoms with E-state index in [1.807, 2.05) is 11.1 Å². The Bertz CT molecular complexity index is 841. The third-order valence-corrected chi connectivity index (χ3v) is 5.83. The Morgan fingerprint density at radius 3 is 2.92 bits per heavy atom. The second kappa shape index (κ2) is 6.78. The summed E-state index contributed by atoms with van der Waals surface area (Å²) >= 11 is 0. The van der Waals surface area contributed by atoms with E-state index in [-0.39, 0.29) is 23.8 Å². The van der Waals surface area contributed by atoms with Gasteiger partial charge in [0.25, 0.3) is 0 Å². The monoisotopic (exact) mass is 353 g/mol. The van der Waals surface area contributed by atoms with Crippen molar-refractivity contribution in [1.82, 2.24) is 15.2 Å². The van der Waals surface area contributed by atoms with E-state index in [2.05, 4.69) is 42.3 Å². The Kier molecular flexibility index (Phi) is 4.47. The number of rotatable bonds is 4. The van der Waals surface area contributed by atoms with Gasteiger partial charge in [-0.1, -0.05) is 18.6 Å². The van der Waals surface area contributed by atoms with E-state index in [0.717, 1.165) is 42.3 Å². The Hall–Kier alpha value is -2.30. The lowest BCUT2D eigenvalue weighted by molar-refractivity contribution is -0.133. The molecule has 2 N–H and O–H groups in total. The average Bonchev–Trinajstić information content (AvgIpc) is 3.24. The van der Waals surface area contributed by atoms with E-state index in [1.54, 1.807) is 0 Å². The number of amides is 2. The lowest BCUT2D eigenvalue weighted by atomic mass is 10.0. The van der Waals surface area contributed by atoms with Gasteiger partial charge in [-0.3, -0.25) is 9.59 Å². The number of benzene rings is 1. The molecule has 2 fully saturated rings. The lowest BCUT2D eigenvalue weighted by Gasteiger charge is -2.33. The number of aromatic nitrogens is 1.